The van der Waals surface area contributed by atoms with Gasteiger partial charge in [0.1, 0.15) is 5.69 Å². The van der Waals surface area contributed by atoms with Crippen molar-refractivity contribution in [1.29, 1.82) is 0 Å². The van der Waals surface area contributed by atoms with Crippen LogP contribution in [0, 0.1) is 24.1 Å². The Morgan fingerprint density at radius 3 is 2.45 bits per heavy atom. The molecule has 0 radical (unpaired) electrons. The maximum Gasteiger partial charge on any atom is 0.407 e. The Bertz CT molecular complexity index is 1300. The van der Waals surface area contributed by atoms with Gasteiger partial charge in [-0.05, 0) is 36.6 Å². The van der Waals surface area contributed by atoms with Crippen molar-refractivity contribution in [3.63, 3.8) is 0 Å². The zero-order valence-corrected chi connectivity index (χ0v) is 19.4. The van der Waals surface area contributed by atoms with Crippen LogP contribution in [0.4, 0.5) is 13.6 Å². The molecule has 0 aliphatic carbocycles. The first-order valence-electron chi connectivity index (χ1n) is 9.99. The third-order valence-electron chi connectivity index (χ3n) is 4.68. The lowest BCUT2D eigenvalue weighted by molar-refractivity contribution is 0.122. The molecule has 3 heterocycles. The van der Waals surface area contributed by atoms with E-state index in [9.17, 15) is 22.7 Å². The Hall–Kier alpha value is -3.34. The Morgan fingerprint density at radius 2 is 1.88 bits per heavy atom. The summed E-state index contributed by atoms with van der Waals surface area (Å²) >= 11 is 0. The minimum atomic E-state index is -4.44. The van der Waals surface area contributed by atoms with Crippen molar-refractivity contribution in [2.75, 3.05) is 6.54 Å². The highest BCUT2D eigenvalue weighted by molar-refractivity contribution is 7.90. The molecule has 3 aromatic heterocycles. The molecule has 0 aliphatic heterocycles. The van der Waals surface area contributed by atoms with E-state index in [1.807, 2.05) is 20.8 Å². The number of amides is 1. The molecule has 3 aromatic rings. The lowest BCUT2D eigenvalue weighted by Gasteiger charge is -2.27. The molecule has 0 bridgehead atoms. The van der Waals surface area contributed by atoms with E-state index in [0.29, 0.717) is 9.67 Å². The second kappa shape index (κ2) is 8.89. The molecule has 8 nitrogen and oxygen atoms in total. The van der Waals surface area contributed by atoms with Crippen LogP contribution in [-0.2, 0) is 16.6 Å². The van der Waals surface area contributed by atoms with E-state index in [1.54, 1.807) is 13.0 Å². The Morgan fingerprint density at radius 1 is 1.18 bits per heavy atom. The second-order valence-corrected chi connectivity index (χ2v) is 10.5. The van der Waals surface area contributed by atoms with E-state index in [-0.39, 0.29) is 22.7 Å². The lowest BCUT2D eigenvalue weighted by atomic mass is 9.96. The third-order valence-corrected chi connectivity index (χ3v) is 6.24. The van der Waals surface area contributed by atoms with Gasteiger partial charge in [-0.1, -0.05) is 26.8 Å². The van der Waals surface area contributed by atoms with E-state index in [2.05, 4.69) is 9.97 Å². The number of halogens is 2. The fraction of sp³-hybridized carbons (Fsp3) is 0.318. The maximum absolute atomic E-state index is 15.6. The molecule has 11 heteroatoms. The summed E-state index contributed by atoms with van der Waals surface area (Å²) in [4.78, 5) is 20.2. The van der Waals surface area contributed by atoms with Gasteiger partial charge in [0.15, 0.2) is 10.8 Å². The van der Waals surface area contributed by atoms with Crippen LogP contribution in [0.2, 0.25) is 0 Å². The Balaban J connectivity index is 2.23. The molecule has 3 rings (SSSR count). The van der Waals surface area contributed by atoms with Gasteiger partial charge in [0, 0.05) is 30.2 Å². The summed E-state index contributed by atoms with van der Waals surface area (Å²) in [5.41, 5.74) is -1.21. The minimum absolute atomic E-state index is 0.0652. The summed E-state index contributed by atoms with van der Waals surface area (Å²) in [6, 6.07) is 6.86. The highest BCUT2D eigenvalue weighted by Gasteiger charge is 2.31. The summed E-state index contributed by atoms with van der Waals surface area (Å²) in [6.07, 6.45) is 0.820. The van der Waals surface area contributed by atoms with Crippen LogP contribution < -0.4 is 0 Å². The molecule has 1 N–H and O–H groups in total. The van der Waals surface area contributed by atoms with Crippen LogP contribution in [0.3, 0.4) is 0 Å². The number of carbonyl (C=O) groups is 1. The van der Waals surface area contributed by atoms with Gasteiger partial charge in [0.25, 0.3) is 10.0 Å². The quantitative estimate of drug-likeness (QED) is 0.530. The van der Waals surface area contributed by atoms with Crippen molar-refractivity contribution >= 4 is 16.1 Å². The number of pyridine rings is 2. The predicted molar refractivity (Wildman–Crippen MR) is 117 cm³/mol. The molecule has 0 fully saturated rings. The summed E-state index contributed by atoms with van der Waals surface area (Å²) in [5.74, 6) is -2.13. The van der Waals surface area contributed by atoms with Crippen LogP contribution >= 0.6 is 0 Å². The van der Waals surface area contributed by atoms with Crippen molar-refractivity contribution in [3.8, 4) is 11.3 Å². The van der Waals surface area contributed by atoms with E-state index in [1.165, 1.54) is 24.3 Å². The van der Waals surface area contributed by atoms with Gasteiger partial charge in [0.2, 0.25) is 5.95 Å². The molecule has 0 saturated heterocycles. The van der Waals surface area contributed by atoms with Crippen molar-refractivity contribution in [2.24, 2.45) is 5.41 Å². The van der Waals surface area contributed by atoms with Gasteiger partial charge in [0.05, 0.1) is 12.1 Å². The van der Waals surface area contributed by atoms with Crippen molar-refractivity contribution in [1.82, 2.24) is 18.8 Å². The van der Waals surface area contributed by atoms with Gasteiger partial charge in [-0.25, -0.2) is 23.1 Å². The monoisotopic (exact) mass is 478 g/mol. The van der Waals surface area contributed by atoms with E-state index < -0.39 is 45.5 Å². The van der Waals surface area contributed by atoms with Crippen molar-refractivity contribution < 1.29 is 27.1 Å². The topological polar surface area (TPSA) is 105 Å². The largest absolute Gasteiger partial charge is 0.465 e. The Labute approximate surface area is 190 Å². The number of aromatic nitrogens is 3. The molecule has 0 saturated carbocycles. The summed E-state index contributed by atoms with van der Waals surface area (Å²) in [5, 5.41) is 9.23. The SMILES string of the molecule is Cc1cccc(S(=O)(=O)n2cc(CN(CC(C)(C)C)C(=O)O)c(F)c2-c2cccnc2F)n1. The van der Waals surface area contributed by atoms with E-state index >= 15 is 4.39 Å². The van der Waals surface area contributed by atoms with Gasteiger partial charge in [-0.2, -0.15) is 12.8 Å². The standard InChI is InChI=1S/C22H24F2N4O4S/c1-14-7-5-9-17(26-14)33(31,32)28-12-15(11-27(21(29)30)13-22(2,3)4)18(23)19(28)16-8-6-10-25-20(16)24/h5-10,12H,11,13H2,1-4H3,(H,29,30). The Kier molecular flexibility index (Phi) is 6.55. The van der Waals surface area contributed by atoms with Crippen molar-refractivity contribution in [3.05, 3.63) is 65.7 Å². The second-order valence-electron chi connectivity index (χ2n) is 8.78. The zero-order chi connectivity index (χ0) is 24.6. The molecule has 0 atom stereocenters. The van der Waals surface area contributed by atoms with Crippen LogP contribution in [-0.4, -0.2) is 45.0 Å². The molecular formula is C22H24F2N4O4S. The predicted octanol–water partition coefficient (Wildman–Crippen LogP) is 4.29. The van der Waals surface area contributed by atoms with Gasteiger partial charge >= 0.3 is 6.09 Å². The molecule has 0 spiro atoms. The first-order chi connectivity index (χ1) is 15.3. The van der Waals surface area contributed by atoms with Gasteiger partial charge in [-0.3, -0.25) is 0 Å². The smallest absolute Gasteiger partial charge is 0.407 e. The average Bonchev–Trinajstić information content (AvgIpc) is 3.03. The number of aryl methyl sites for hydroxylation is 1. The van der Waals surface area contributed by atoms with Gasteiger partial charge < -0.3 is 10.0 Å². The first kappa shape index (κ1) is 24.3. The normalized spacial score (nSPS) is 12.1. The fourth-order valence-electron chi connectivity index (χ4n) is 3.34. The molecule has 0 aliphatic rings. The molecule has 0 aromatic carbocycles. The summed E-state index contributed by atoms with van der Waals surface area (Å²) in [6.45, 7) is 6.67. The molecular weight excluding hydrogens is 454 g/mol. The number of hydrogen-bond acceptors (Lipinski definition) is 5. The van der Waals surface area contributed by atoms with Gasteiger partial charge in [-0.15, -0.1) is 0 Å². The minimum Gasteiger partial charge on any atom is -0.465 e. The lowest BCUT2D eigenvalue weighted by Crippen LogP contribution is -2.36. The maximum atomic E-state index is 15.6. The summed E-state index contributed by atoms with van der Waals surface area (Å²) < 4.78 is 57.5. The summed E-state index contributed by atoms with van der Waals surface area (Å²) in [7, 11) is -4.44. The molecule has 0 unspecified atom stereocenters. The van der Waals surface area contributed by atoms with Crippen LogP contribution in [0.5, 0.6) is 0 Å². The molecule has 176 valence electrons. The van der Waals surface area contributed by atoms with Crippen LogP contribution in [0.15, 0.2) is 47.8 Å². The third kappa shape index (κ3) is 5.19. The molecule has 1 amide bonds. The average molecular weight is 479 g/mol. The number of rotatable bonds is 6. The zero-order valence-electron chi connectivity index (χ0n) is 18.6. The van der Waals surface area contributed by atoms with Crippen molar-refractivity contribution in [2.45, 2.75) is 39.3 Å². The fourth-order valence-corrected chi connectivity index (χ4v) is 4.74. The number of nitrogens with zero attached hydrogens (tertiary/aromatic N) is 4. The molecule has 33 heavy (non-hydrogen) atoms. The van der Waals surface area contributed by atoms with Crippen LogP contribution in [0.25, 0.3) is 11.3 Å². The van der Waals surface area contributed by atoms with Crippen LogP contribution in [0.1, 0.15) is 32.0 Å². The highest BCUT2D eigenvalue weighted by Crippen LogP contribution is 2.32. The number of hydrogen-bond donors (Lipinski definition) is 1. The number of carboxylic acid groups (broad SMARTS) is 1. The van der Waals surface area contributed by atoms with E-state index in [4.69, 9.17) is 0 Å². The first-order valence-corrected chi connectivity index (χ1v) is 11.4. The van der Waals surface area contributed by atoms with E-state index in [0.717, 1.165) is 17.3 Å². The highest BCUT2D eigenvalue weighted by atomic mass is 32.2.